The van der Waals surface area contributed by atoms with Gasteiger partial charge >= 0.3 is 0 Å². The third-order valence-electron chi connectivity index (χ3n) is 2.67. The highest BCUT2D eigenvalue weighted by atomic mass is 19.3. The molecular weight excluding hydrogens is 176 g/mol. The second kappa shape index (κ2) is 2.90. The smallest absolute Gasteiger partial charge is 0.251 e. The number of hydrogen-bond donors (Lipinski definition) is 2. The number of amidine groups is 1. The molecule has 0 bridgehead atoms. The molecule has 0 aromatic carbocycles. The van der Waals surface area contributed by atoms with Crippen molar-refractivity contribution in [2.45, 2.75) is 38.2 Å². The molecule has 0 amide bonds. The second-order valence-electron chi connectivity index (χ2n) is 3.81. The zero-order chi connectivity index (χ0) is 9.47. The van der Waals surface area contributed by atoms with Gasteiger partial charge in [0.1, 0.15) is 5.84 Å². The van der Waals surface area contributed by atoms with Crippen molar-refractivity contribution >= 4 is 5.84 Å². The molecule has 0 aromatic heterocycles. The molecule has 0 aliphatic heterocycles. The van der Waals surface area contributed by atoms with Gasteiger partial charge in [-0.15, -0.1) is 0 Å². The summed E-state index contributed by atoms with van der Waals surface area (Å²) in [5, 5.41) is 0. The Bertz CT molecular complexity index is 232. The normalized spacial score (nSPS) is 26.3. The van der Waals surface area contributed by atoms with Crippen LogP contribution >= 0.6 is 0 Å². The zero-order valence-electron chi connectivity index (χ0n) is 7.26. The first-order valence-electron chi connectivity index (χ1n) is 4.52. The SMILES string of the molecule is NNC(=NC1CC1)C1(C(F)F)CC1. The predicted octanol–water partition coefficient (Wildman–Crippen LogP) is 1.06. The van der Waals surface area contributed by atoms with Gasteiger partial charge in [0.2, 0.25) is 0 Å². The average molecular weight is 189 g/mol. The Kier molecular flexibility index (Phi) is 1.98. The monoisotopic (exact) mass is 189 g/mol. The second-order valence-corrected chi connectivity index (χ2v) is 3.81. The number of rotatable bonds is 3. The Morgan fingerprint density at radius 3 is 2.38 bits per heavy atom. The lowest BCUT2D eigenvalue weighted by Gasteiger charge is -2.16. The highest BCUT2D eigenvalue weighted by Gasteiger charge is 2.55. The van der Waals surface area contributed by atoms with Crippen LogP contribution in [-0.4, -0.2) is 18.3 Å². The van der Waals surface area contributed by atoms with Crippen molar-refractivity contribution in [2.75, 3.05) is 0 Å². The quantitative estimate of drug-likeness (QED) is 0.302. The highest BCUT2D eigenvalue weighted by molar-refractivity contribution is 5.90. The van der Waals surface area contributed by atoms with E-state index in [1.54, 1.807) is 0 Å². The van der Waals surface area contributed by atoms with Gasteiger partial charge in [-0.2, -0.15) is 0 Å². The Morgan fingerprint density at radius 1 is 1.46 bits per heavy atom. The first-order valence-corrected chi connectivity index (χ1v) is 4.52. The number of nitrogens with zero attached hydrogens (tertiary/aromatic N) is 1. The van der Waals surface area contributed by atoms with Gasteiger partial charge in [-0.25, -0.2) is 14.6 Å². The maximum absolute atomic E-state index is 12.6. The number of hydrazine groups is 1. The van der Waals surface area contributed by atoms with E-state index in [9.17, 15) is 8.78 Å². The van der Waals surface area contributed by atoms with Crippen molar-refractivity contribution in [3.05, 3.63) is 0 Å². The molecule has 2 saturated carbocycles. The van der Waals surface area contributed by atoms with Crippen LogP contribution < -0.4 is 11.3 Å². The van der Waals surface area contributed by atoms with Gasteiger partial charge in [0, 0.05) is 0 Å². The molecule has 2 fully saturated rings. The summed E-state index contributed by atoms with van der Waals surface area (Å²) in [6.07, 6.45) is 0.664. The van der Waals surface area contributed by atoms with E-state index in [1.165, 1.54) is 0 Å². The number of nitrogens with two attached hydrogens (primary N) is 1. The van der Waals surface area contributed by atoms with Crippen molar-refractivity contribution in [2.24, 2.45) is 16.3 Å². The Hall–Kier alpha value is -0.710. The van der Waals surface area contributed by atoms with E-state index in [-0.39, 0.29) is 6.04 Å². The molecule has 0 unspecified atom stereocenters. The summed E-state index contributed by atoms with van der Waals surface area (Å²) in [5.41, 5.74) is 1.30. The molecule has 74 valence electrons. The van der Waals surface area contributed by atoms with Crippen LogP contribution in [0.4, 0.5) is 8.78 Å². The minimum Gasteiger partial charge on any atom is -0.312 e. The summed E-state index contributed by atoms with van der Waals surface area (Å²) in [6, 6.07) is 0.238. The molecular formula is C8H13F2N3. The molecule has 0 saturated heterocycles. The first-order chi connectivity index (χ1) is 6.19. The topological polar surface area (TPSA) is 50.4 Å². The largest absolute Gasteiger partial charge is 0.312 e. The lowest BCUT2D eigenvalue weighted by Crippen LogP contribution is -2.41. The van der Waals surface area contributed by atoms with Crippen molar-refractivity contribution in [1.82, 2.24) is 5.43 Å². The molecule has 3 nitrogen and oxygen atoms in total. The highest BCUT2D eigenvalue weighted by Crippen LogP contribution is 2.51. The van der Waals surface area contributed by atoms with E-state index >= 15 is 0 Å². The number of aliphatic imine (C=N–C) groups is 1. The molecule has 5 heteroatoms. The maximum Gasteiger partial charge on any atom is 0.251 e. The summed E-state index contributed by atoms with van der Waals surface area (Å²) >= 11 is 0. The zero-order valence-corrected chi connectivity index (χ0v) is 7.26. The Labute approximate surface area is 75.4 Å². The summed E-state index contributed by atoms with van der Waals surface area (Å²) in [4.78, 5) is 4.16. The average Bonchev–Trinajstić information content (AvgIpc) is 2.94. The fourth-order valence-electron chi connectivity index (χ4n) is 1.39. The van der Waals surface area contributed by atoms with Crippen LogP contribution in [0.25, 0.3) is 0 Å². The van der Waals surface area contributed by atoms with Crippen molar-refractivity contribution in [3.8, 4) is 0 Å². The lowest BCUT2D eigenvalue weighted by molar-refractivity contribution is 0.0950. The predicted molar refractivity (Wildman–Crippen MR) is 45.5 cm³/mol. The molecule has 2 aliphatic rings. The molecule has 2 rings (SSSR count). The summed E-state index contributed by atoms with van der Waals surface area (Å²) < 4.78 is 25.2. The summed E-state index contributed by atoms with van der Waals surface area (Å²) in [7, 11) is 0. The van der Waals surface area contributed by atoms with Crippen LogP contribution in [0.2, 0.25) is 0 Å². The first kappa shape index (κ1) is 8.87. The van der Waals surface area contributed by atoms with E-state index in [0.29, 0.717) is 18.7 Å². The van der Waals surface area contributed by atoms with E-state index in [1.807, 2.05) is 0 Å². The molecule has 0 radical (unpaired) electrons. The van der Waals surface area contributed by atoms with Crippen molar-refractivity contribution in [1.29, 1.82) is 0 Å². The van der Waals surface area contributed by atoms with Gasteiger partial charge in [-0.1, -0.05) is 0 Å². The van der Waals surface area contributed by atoms with Gasteiger partial charge in [0.05, 0.1) is 11.5 Å². The van der Waals surface area contributed by atoms with Crippen LogP contribution in [-0.2, 0) is 0 Å². The van der Waals surface area contributed by atoms with Gasteiger partial charge in [-0.05, 0) is 25.7 Å². The minimum absolute atomic E-state index is 0.238. The molecule has 3 N–H and O–H groups in total. The maximum atomic E-state index is 12.6. The van der Waals surface area contributed by atoms with Crippen molar-refractivity contribution in [3.63, 3.8) is 0 Å². The van der Waals surface area contributed by atoms with Crippen LogP contribution in [0.3, 0.4) is 0 Å². The summed E-state index contributed by atoms with van der Waals surface area (Å²) in [6.45, 7) is 0. The number of alkyl halides is 2. The Balaban J connectivity index is 2.11. The lowest BCUT2D eigenvalue weighted by atomic mass is 10.1. The fraction of sp³-hybridized carbons (Fsp3) is 0.875. The molecule has 2 aliphatic carbocycles. The third kappa shape index (κ3) is 1.52. The number of hydrogen-bond acceptors (Lipinski definition) is 2. The summed E-state index contributed by atoms with van der Waals surface area (Å²) in [5.74, 6) is 5.51. The van der Waals surface area contributed by atoms with Crippen LogP contribution in [0.1, 0.15) is 25.7 Å². The van der Waals surface area contributed by atoms with Gasteiger partial charge in [0.15, 0.2) is 0 Å². The van der Waals surface area contributed by atoms with Crippen LogP contribution in [0.5, 0.6) is 0 Å². The molecule has 0 aromatic rings. The van der Waals surface area contributed by atoms with E-state index in [4.69, 9.17) is 5.84 Å². The van der Waals surface area contributed by atoms with E-state index < -0.39 is 11.8 Å². The Morgan fingerprint density at radius 2 is 2.08 bits per heavy atom. The van der Waals surface area contributed by atoms with Crippen LogP contribution in [0.15, 0.2) is 4.99 Å². The third-order valence-corrected chi connectivity index (χ3v) is 2.67. The molecule has 0 atom stereocenters. The molecule has 0 spiro atoms. The number of halogens is 2. The van der Waals surface area contributed by atoms with Crippen LogP contribution in [0, 0.1) is 5.41 Å². The standard InChI is InChI=1S/C8H13F2N3/c9-6(10)8(3-4-8)7(13-11)12-5-1-2-5/h5-6H,1-4,11H2,(H,12,13). The fourth-order valence-corrected chi connectivity index (χ4v) is 1.39. The minimum atomic E-state index is -2.35. The van der Waals surface area contributed by atoms with E-state index in [2.05, 4.69) is 10.4 Å². The molecule has 13 heavy (non-hydrogen) atoms. The van der Waals surface area contributed by atoms with Gasteiger partial charge < -0.3 is 5.43 Å². The van der Waals surface area contributed by atoms with Crippen molar-refractivity contribution < 1.29 is 8.78 Å². The van der Waals surface area contributed by atoms with Gasteiger partial charge in [0.25, 0.3) is 6.43 Å². The number of nitrogens with one attached hydrogen (secondary N) is 1. The van der Waals surface area contributed by atoms with E-state index in [0.717, 1.165) is 12.8 Å². The van der Waals surface area contributed by atoms with Gasteiger partial charge in [-0.3, -0.25) is 4.99 Å². The molecule has 0 heterocycles.